The van der Waals surface area contributed by atoms with Gasteiger partial charge in [0.1, 0.15) is 0 Å². The second-order valence-corrected chi connectivity index (χ2v) is 5.74. The summed E-state index contributed by atoms with van der Waals surface area (Å²) in [6.45, 7) is 1.49. The molecule has 1 aliphatic heterocycles. The van der Waals surface area contributed by atoms with Gasteiger partial charge in [-0.15, -0.1) is 0 Å². The number of hydrogen-bond donors (Lipinski definition) is 4. The molecule has 1 aromatic carbocycles. The first-order chi connectivity index (χ1) is 12.4. The summed E-state index contributed by atoms with van der Waals surface area (Å²) in [5, 5.41) is 6.34. The number of hydrogen-bond acceptors (Lipinski definition) is 7. The van der Waals surface area contributed by atoms with E-state index in [1.54, 1.807) is 25.1 Å². The molecule has 1 heterocycles. The van der Waals surface area contributed by atoms with Crippen LogP contribution in [0.25, 0.3) is 0 Å². The van der Waals surface area contributed by atoms with Crippen LogP contribution < -0.4 is 31.4 Å². The Morgan fingerprint density at radius 3 is 2.65 bits per heavy atom. The fourth-order valence-corrected chi connectivity index (χ4v) is 2.76. The number of benzene rings is 1. The lowest BCUT2D eigenvalue weighted by atomic mass is 9.95. The second-order valence-electron chi connectivity index (χ2n) is 5.33. The van der Waals surface area contributed by atoms with E-state index in [0.717, 1.165) is 0 Å². The lowest BCUT2D eigenvalue weighted by Crippen LogP contribution is -2.45. The Morgan fingerprint density at radius 2 is 2.04 bits per heavy atom. The maximum absolute atomic E-state index is 12.2. The van der Waals surface area contributed by atoms with Crippen LogP contribution in [-0.4, -0.2) is 37.8 Å². The van der Waals surface area contributed by atoms with Crippen LogP contribution in [0.2, 0.25) is 0 Å². The molecule has 10 heteroatoms. The number of carbonyl (C=O) groups is 2. The quantitative estimate of drug-likeness (QED) is 0.178. The monoisotopic (exact) mass is 380 g/mol. The SMILES string of the molecule is COC(=O)C1=C(C)NC(=S)NC1c1ccc(OCC(=O)NN)c(OC)c1. The number of allylic oxidation sites excluding steroid dienone is 1. The Kier molecular flexibility index (Phi) is 6.36. The van der Waals surface area contributed by atoms with Crippen LogP contribution in [0.4, 0.5) is 0 Å². The first-order valence-corrected chi connectivity index (χ1v) is 7.98. The van der Waals surface area contributed by atoms with Crippen molar-refractivity contribution < 1.29 is 23.8 Å². The van der Waals surface area contributed by atoms with Crippen molar-refractivity contribution in [1.29, 1.82) is 0 Å². The van der Waals surface area contributed by atoms with E-state index in [1.807, 2.05) is 5.43 Å². The number of nitrogens with one attached hydrogen (secondary N) is 3. The molecule has 140 valence electrons. The van der Waals surface area contributed by atoms with Crippen molar-refractivity contribution in [3.8, 4) is 11.5 Å². The number of esters is 1. The van der Waals surface area contributed by atoms with E-state index >= 15 is 0 Å². The summed E-state index contributed by atoms with van der Waals surface area (Å²) in [7, 11) is 2.78. The molecular formula is C16H20N4O5S. The molecule has 0 fully saturated rings. The summed E-state index contributed by atoms with van der Waals surface area (Å²) in [4.78, 5) is 23.4. The molecule has 0 saturated heterocycles. The predicted octanol–water partition coefficient (Wildman–Crippen LogP) is 0.0297. The lowest BCUT2D eigenvalue weighted by Gasteiger charge is -2.30. The van der Waals surface area contributed by atoms with Gasteiger partial charge in [0.2, 0.25) is 0 Å². The summed E-state index contributed by atoms with van der Waals surface area (Å²) < 4.78 is 15.6. The van der Waals surface area contributed by atoms with Crippen LogP contribution in [0.15, 0.2) is 29.5 Å². The van der Waals surface area contributed by atoms with Gasteiger partial charge in [0.25, 0.3) is 5.91 Å². The molecule has 2 rings (SSSR count). The fourth-order valence-electron chi connectivity index (χ4n) is 2.49. The van der Waals surface area contributed by atoms with Gasteiger partial charge in [-0.3, -0.25) is 10.2 Å². The van der Waals surface area contributed by atoms with Crippen LogP contribution in [0.1, 0.15) is 18.5 Å². The van der Waals surface area contributed by atoms with Crippen molar-refractivity contribution >= 4 is 29.2 Å². The molecule has 0 aliphatic carbocycles. The van der Waals surface area contributed by atoms with Crippen LogP contribution in [-0.2, 0) is 14.3 Å². The number of rotatable bonds is 6. The molecular weight excluding hydrogens is 360 g/mol. The molecule has 1 aromatic rings. The highest BCUT2D eigenvalue weighted by Gasteiger charge is 2.31. The van der Waals surface area contributed by atoms with Gasteiger partial charge in [0.15, 0.2) is 23.2 Å². The number of thiocarbonyl (C=S) groups is 1. The van der Waals surface area contributed by atoms with Crippen LogP contribution in [0, 0.1) is 0 Å². The van der Waals surface area contributed by atoms with Crippen molar-refractivity contribution in [2.75, 3.05) is 20.8 Å². The van der Waals surface area contributed by atoms with E-state index in [2.05, 4.69) is 10.6 Å². The van der Waals surface area contributed by atoms with E-state index in [-0.39, 0.29) is 6.61 Å². The molecule has 5 N–H and O–H groups in total. The summed E-state index contributed by atoms with van der Waals surface area (Å²) in [5.74, 6) is 4.82. The van der Waals surface area contributed by atoms with Gasteiger partial charge in [-0.1, -0.05) is 6.07 Å². The average molecular weight is 380 g/mol. The number of carbonyl (C=O) groups excluding carboxylic acids is 2. The van der Waals surface area contributed by atoms with Gasteiger partial charge in [-0.25, -0.2) is 10.6 Å². The Balaban J connectivity index is 2.37. The Labute approximate surface area is 155 Å². The molecule has 0 saturated carbocycles. The molecule has 1 atom stereocenters. The Bertz CT molecular complexity index is 765. The second kappa shape index (κ2) is 8.50. The highest BCUT2D eigenvalue weighted by molar-refractivity contribution is 7.80. The Hall–Kier alpha value is -2.85. The average Bonchev–Trinajstić information content (AvgIpc) is 2.64. The zero-order chi connectivity index (χ0) is 19.3. The van der Waals surface area contributed by atoms with Crippen LogP contribution in [0.5, 0.6) is 11.5 Å². The van der Waals surface area contributed by atoms with E-state index in [4.69, 9.17) is 32.3 Å². The molecule has 9 nitrogen and oxygen atoms in total. The van der Waals surface area contributed by atoms with Gasteiger partial charge < -0.3 is 24.8 Å². The van der Waals surface area contributed by atoms with Crippen LogP contribution in [0.3, 0.4) is 0 Å². The molecule has 1 amide bonds. The van der Waals surface area contributed by atoms with Gasteiger partial charge in [-0.05, 0) is 36.8 Å². The largest absolute Gasteiger partial charge is 0.493 e. The lowest BCUT2D eigenvalue weighted by molar-refractivity contribution is -0.136. The third-order valence-corrected chi connectivity index (χ3v) is 3.94. The third kappa shape index (κ3) is 4.21. The minimum absolute atomic E-state index is 0.256. The standard InChI is InChI=1S/C16H20N4O5S/c1-8-13(15(22)24-3)14(19-16(26)18-8)9-4-5-10(11(6-9)23-2)25-7-12(21)20-17/h4-6,14H,7,17H2,1-3H3,(H,20,21)(H2,18,19,26). The fraction of sp³-hybridized carbons (Fsp3) is 0.312. The van der Waals surface area contributed by atoms with Crippen molar-refractivity contribution in [3.05, 3.63) is 35.0 Å². The van der Waals surface area contributed by atoms with E-state index in [0.29, 0.717) is 33.4 Å². The summed E-state index contributed by atoms with van der Waals surface area (Å²) in [5.41, 5.74) is 3.69. The number of methoxy groups -OCH3 is 2. The zero-order valence-electron chi connectivity index (χ0n) is 14.5. The molecule has 0 aromatic heterocycles. The van der Waals surface area contributed by atoms with E-state index < -0.39 is 17.9 Å². The number of ether oxygens (including phenoxy) is 3. The molecule has 0 spiro atoms. The smallest absolute Gasteiger partial charge is 0.337 e. The highest BCUT2D eigenvalue weighted by Crippen LogP contribution is 2.34. The normalized spacial score (nSPS) is 16.3. The first-order valence-electron chi connectivity index (χ1n) is 7.58. The van der Waals surface area contributed by atoms with Crippen molar-refractivity contribution in [2.24, 2.45) is 5.84 Å². The van der Waals surface area contributed by atoms with Gasteiger partial charge in [0, 0.05) is 5.70 Å². The zero-order valence-corrected chi connectivity index (χ0v) is 15.4. The highest BCUT2D eigenvalue weighted by atomic mass is 32.1. The number of hydrazine groups is 1. The van der Waals surface area contributed by atoms with Crippen molar-refractivity contribution in [1.82, 2.24) is 16.1 Å². The van der Waals surface area contributed by atoms with E-state index in [9.17, 15) is 9.59 Å². The molecule has 1 aliphatic rings. The van der Waals surface area contributed by atoms with Crippen LogP contribution >= 0.6 is 12.2 Å². The van der Waals surface area contributed by atoms with Crippen molar-refractivity contribution in [2.45, 2.75) is 13.0 Å². The first kappa shape index (κ1) is 19.5. The Morgan fingerprint density at radius 1 is 1.31 bits per heavy atom. The van der Waals surface area contributed by atoms with Gasteiger partial charge in [0.05, 0.1) is 25.8 Å². The maximum Gasteiger partial charge on any atom is 0.337 e. The van der Waals surface area contributed by atoms with E-state index in [1.165, 1.54) is 14.2 Å². The molecule has 26 heavy (non-hydrogen) atoms. The minimum Gasteiger partial charge on any atom is -0.493 e. The number of nitrogens with two attached hydrogens (primary N) is 1. The third-order valence-electron chi connectivity index (χ3n) is 3.72. The summed E-state index contributed by atoms with van der Waals surface area (Å²) >= 11 is 5.19. The summed E-state index contributed by atoms with van der Waals surface area (Å²) in [6.07, 6.45) is 0. The molecule has 0 radical (unpaired) electrons. The van der Waals surface area contributed by atoms with Gasteiger partial charge >= 0.3 is 5.97 Å². The maximum atomic E-state index is 12.2. The molecule has 0 bridgehead atoms. The summed E-state index contributed by atoms with van der Waals surface area (Å²) in [6, 6.07) is 4.54. The minimum atomic E-state index is -0.522. The van der Waals surface area contributed by atoms with Gasteiger partial charge in [-0.2, -0.15) is 0 Å². The topological polar surface area (TPSA) is 124 Å². The van der Waals surface area contributed by atoms with Crippen molar-refractivity contribution in [3.63, 3.8) is 0 Å². The predicted molar refractivity (Wildman–Crippen MR) is 97.1 cm³/mol. The molecule has 1 unspecified atom stereocenters. The number of amides is 1.